The van der Waals surface area contributed by atoms with Gasteiger partial charge in [-0.2, -0.15) is 0 Å². The van der Waals surface area contributed by atoms with Gasteiger partial charge in [-0.3, -0.25) is 9.59 Å². The fourth-order valence-corrected chi connectivity index (χ4v) is 2.50. The first-order valence-corrected chi connectivity index (χ1v) is 8.57. The monoisotopic (exact) mass is 398 g/mol. The van der Waals surface area contributed by atoms with Crippen molar-refractivity contribution in [2.45, 2.75) is 25.1 Å². The fraction of sp³-hybridized carbons (Fsp3) is 0.429. The van der Waals surface area contributed by atoms with Gasteiger partial charge < -0.3 is 15.2 Å². The minimum atomic E-state index is -4.90. The van der Waals surface area contributed by atoms with Crippen molar-refractivity contribution in [2.75, 3.05) is 13.1 Å². The number of alkyl halides is 3. The Labute approximate surface area is 147 Å². The maximum absolute atomic E-state index is 12.1. The van der Waals surface area contributed by atoms with Crippen molar-refractivity contribution < 1.29 is 41.0 Å². The molecular formula is C14H17F3N2O6S. The number of sulfonamides is 1. The Hall–Kier alpha value is -2.34. The van der Waals surface area contributed by atoms with E-state index in [-0.39, 0.29) is 11.4 Å². The molecule has 0 saturated heterocycles. The smallest absolute Gasteiger partial charge is 0.481 e. The first-order valence-electron chi connectivity index (χ1n) is 7.08. The lowest BCUT2D eigenvalue weighted by molar-refractivity contribution is -0.274. The van der Waals surface area contributed by atoms with Crippen LogP contribution in [-0.4, -0.2) is 44.9 Å². The second kappa shape index (κ2) is 7.91. The van der Waals surface area contributed by atoms with Crippen LogP contribution in [0.5, 0.6) is 5.75 Å². The third kappa shape index (κ3) is 6.88. The molecule has 12 heteroatoms. The Morgan fingerprint density at radius 1 is 1.15 bits per heavy atom. The van der Waals surface area contributed by atoms with Crippen molar-refractivity contribution in [2.24, 2.45) is 5.41 Å². The zero-order valence-corrected chi connectivity index (χ0v) is 14.6. The molecule has 146 valence electrons. The van der Waals surface area contributed by atoms with Crippen molar-refractivity contribution in [1.29, 1.82) is 0 Å². The van der Waals surface area contributed by atoms with Gasteiger partial charge in [-0.25, -0.2) is 13.1 Å². The summed E-state index contributed by atoms with van der Waals surface area (Å²) in [5.74, 6) is -2.50. The summed E-state index contributed by atoms with van der Waals surface area (Å²) < 4.78 is 65.7. The summed E-state index contributed by atoms with van der Waals surface area (Å²) in [6, 6.07) is 3.40. The van der Waals surface area contributed by atoms with E-state index in [0.717, 1.165) is 24.3 Å². The van der Waals surface area contributed by atoms with E-state index in [4.69, 9.17) is 5.11 Å². The standard InChI is InChI=1S/C14H17F3N2O6S/c1-13(2,12(21)22)8-18-11(20)7-19-26(23,24)10-5-3-9(4-6-10)25-14(15,16)17/h3-6,19H,7-8H2,1-2H3,(H,18,20)(H,21,22). The molecule has 1 rings (SSSR count). The number of carboxylic acids is 1. The van der Waals surface area contributed by atoms with Crippen LogP contribution in [0.4, 0.5) is 13.2 Å². The Morgan fingerprint density at radius 3 is 2.15 bits per heavy atom. The van der Waals surface area contributed by atoms with E-state index in [1.807, 2.05) is 4.72 Å². The molecule has 0 fully saturated rings. The zero-order chi connectivity index (χ0) is 20.2. The molecule has 1 aromatic rings. The van der Waals surface area contributed by atoms with Crippen LogP contribution in [0.25, 0.3) is 0 Å². The third-order valence-corrected chi connectivity index (χ3v) is 4.51. The number of carbonyl (C=O) groups is 2. The number of aliphatic carboxylic acids is 1. The van der Waals surface area contributed by atoms with Crippen LogP contribution < -0.4 is 14.8 Å². The number of hydrogen-bond donors (Lipinski definition) is 3. The fourth-order valence-electron chi connectivity index (χ4n) is 1.52. The van der Waals surface area contributed by atoms with Gasteiger partial charge in [-0.1, -0.05) is 0 Å². The number of carboxylic acid groups (broad SMARTS) is 1. The Balaban J connectivity index is 2.63. The minimum absolute atomic E-state index is 0.216. The van der Waals surface area contributed by atoms with E-state index in [0.29, 0.717) is 0 Å². The molecule has 0 unspecified atom stereocenters. The van der Waals surface area contributed by atoms with E-state index < -0.39 is 46.0 Å². The van der Waals surface area contributed by atoms with Crippen molar-refractivity contribution in [3.8, 4) is 5.75 Å². The van der Waals surface area contributed by atoms with Gasteiger partial charge in [0, 0.05) is 6.54 Å². The first-order chi connectivity index (χ1) is 11.7. The molecule has 0 atom stereocenters. The summed E-state index contributed by atoms with van der Waals surface area (Å²) in [4.78, 5) is 22.2. The molecule has 0 aliphatic rings. The number of nitrogens with one attached hydrogen (secondary N) is 2. The number of hydrogen-bond acceptors (Lipinski definition) is 5. The van der Waals surface area contributed by atoms with Crippen molar-refractivity contribution in [3.63, 3.8) is 0 Å². The lowest BCUT2D eigenvalue weighted by atomic mass is 9.94. The van der Waals surface area contributed by atoms with Gasteiger partial charge in [-0.15, -0.1) is 13.2 Å². The number of carbonyl (C=O) groups excluding carboxylic acids is 1. The number of benzene rings is 1. The maximum atomic E-state index is 12.1. The third-order valence-electron chi connectivity index (χ3n) is 3.10. The van der Waals surface area contributed by atoms with Gasteiger partial charge in [0.2, 0.25) is 15.9 Å². The van der Waals surface area contributed by atoms with E-state index >= 15 is 0 Å². The molecule has 3 N–H and O–H groups in total. The van der Waals surface area contributed by atoms with Gasteiger partial charge in [0.1, 0.15) is 5.75 Å². The molecule has 0 aliphatic heterocycles. The summed E-state index contributed by atoms with van der Waals surface area (Å²) in [6.45, 7) is 1.87. The van der Waals surface area contributed by atoms with Gasteiger partial charge in [0.25, 0.3) is 0 Å². The number of halogens is 3. The van der Waals surface area contributed by atoms with Crippen LogP contribution in [0.2, 0.25) is 0 Å². The molecule has 0 heterocycles. The molecule has 1 aromatic carbocycles. The molecule has 0 radical (unpaired) electrons. The predicted molar refractivity (Wildman–Crippen MR) is 82.7 cm³/mol. The highest BCUT2D eigenvalue weighted by Crippen LogP contribution is 2.23. The van der Waals surface area contributed by atoms with Gasteiger partial charge in [-0.05, 0) is 38.1 Å². The van der Waals surface area contributed by atoms with Gasteiger partial charge in [0.15, 0.2) is 0 Å². The summed E-state index contributed by atoms with van der Waals surface area (Å²) in [5, 5.41) is 11.2. The highest BCUT2D eigenvalue weighted by atomic mass is 32.2. The van der Waals surface area contributed by atoms with Crippen LogP contribution in [0.15, 0.2) is 29.2 Å². The number of ether oxygens (including phenoxy) is 1. The Bertz CT molecular complexity index is 760. The number of rotatable bonds is 8. The van der Waals surface area contributed by atoms with Crippen molar-refractivity contribution in [3.05, 3.63) is 24.3 Å². The molecule has 0 aromatic heterocycles. The SMILES string of the molecule is CC(C)(CNC(=O)CNS(=O)(=O)c1ccc(OC(F)(F)F)cc1)C(=O)O. The second-order valence-electron chi connectivity index (χ2n) is 5.81. The van der Waals surface area contributed by atoms with Crippen LogP contribution in [0.1, 0.15) is 13.8 Å². The average molecular weight is 398 g/mol. The normalized spacial score (nSPS) is 12.5. The highest BCUT2D eigenvalue weighted by Gasteiger charge is 2.31. The zero-order valence-electron chi connectivity index (χ0n) is 13.8. The van der Waals surface area contributed by atoms with E-state index in [1.165, 1.54) is 13.8 Å². The summed E-state index contributed by atoms with van der Waals surface area (Å²) in [5.41, 5.74) is -1.23. The molecule has 0 saturated carbocycles. The lowest BCUT2D eigenvalue weighted by Crippen LogP contribution is -2.43. The quantitative estimate of drug-likeness (QED) is 0.603. The first kappa shape index (κ1) is 21.7. The van der Waals surface area contributed by atoms with Gasteiger partial charge >= 0.3 is 12.3 Å². The molecule has 1 amide bonds. The molecule has 8 nitrogen and oxygen atoms in total. The van der Waals surface area contributed by atoms with Gasteiger partial charge in [0.05, 0.1) is 16.9 Å². The molecule has 0 aliphatic carbocycles. The largest absolute Gasteiger partial charge is 0.573 e. The molecule has 0 spiro atoms. The van der Waals surface area contributed by atoms with Crippen LogP contribution in [0, 0.1) is 5.41 Å². The topological polar surface area (TPSA) is 122 Å². The Morgan fingerprint density at radius 2 is 1.69 bits per heavy atom. The average Bonchev–Trinajstić information content (AvgIpc) is 2.50. The summed E-state index contributed by atoms with van der Waals surface area (Å²) in [6.07, 6.45) is -4.90. The minimum Gasteiger partial charge on any atom is -0.481 e. The highest BCUT2D eigenvalue weighted by molar-refractivity contribution is 7.89. The lowest BCUT2D eigenvalue weighted by Gasteiger charge is -2.19. The number of amides is 1. The molecular weight excluding hydrogens is 381 g/mol. The van der Waals surface area contributed by atoms with E-state index in [2.05, 4.69) is 10.1 Å². The molecule has 26 heavy (non-hydrogen) atoms. The Kier molecular flexibility index (Phi) is 6.60. The van der Waals surface area contributed by atoms with Crippen molar-refractivity contribution >= 4 is 21.9 Å². The van der Waals surface area contributed by atoms with E-state index in [9.17, 15) is 31.2 Å². The summed E-state index contributed by atoms with van der Waals surface area (Å²) in [7, 11) is -4.15. The maximum Gasteiger partial charge on any atom is 0.573 e. The van der Waals surface area contributed by atoms with E-state index in [1.54, 1.807) is 0 Å². The molecule has 0 bridgehead atoms. The van der Waals surface area contributed by atoms with Crippen LogP contribution in [-0.2, 0) is 19.6 Å². The second-order valence-corrected chi connectivity index (χ2v) is 7.58. The van der Waals surface area contributed by atoms with Crippen LogP contribution in [0.3, 0.4) is 0 Å². The predicted octanol–water partition coefficient (Wildman–Crippen LogP) is 1.09. The summed E-state index contributed by atoms with van der Waals surface area (Å²) >= 11 is 0. The van der Waals surface area contributed by atoms with Crippen LogP contribution >= 0.6 is 0 Å². The van der Waals surface area contributed by atoms with Crippen molar-refractivity contribution in [1.82, 2.24) is 10.0 Å².